The van der Waals surface area contributed by atoms with Gasteiger partial charge in [0.05, 0.1) is 5.25 Å². The average molecular weight is 225 g/mol. The highest BCUT2D eigenvalue weighted by Crippen LogP contribution is 2.18. The number of carboxylic acid groups (broad SMARTS) is 1. The second kappa shape index (κ2) is 5.78. The number of thioether (sulfide) groups is 1. The Bertz CT molecular complexity index is 316. The number of rotatable bonds is 5. The molecule has 0 fully saturated rings. The molecular formula is C11H15NO2S. The van der Waals surface area contributed by atoms with Crippen LogP contribution in [0.15, 0.2) is 30.3 Å². The fourth-order valence-electron chi connectivity index (χ4n) is 1.11. The standard InChI is InChI=1S/C11H15NO2S/c1-8(10(12)11(13)14)15-7-9-5-3-2-4-6-9/h2-6,8,10H,7,12H2,1H3,(H,13,14)/t8-,10-/m1/s1. The highest BCUT2D eigenvalue weighted by Gasteiger charge is 2.17. The summed E-state index contributed by atoms with van der Waals surface area (Å²) in [5.74, 6) is -0.274. The Labute approximate surface area is 93.7 Å². The molecule has 82 valence electrons. The number of carboxylic acids is 1. The zero-order valence-electron chi connectivity index (χ0n) is 8.68. The Balaban J connectivity index is 2.41. The van der Waals surface area contributed by atoms with E-state index in [1.807, 2.05) is 37.3 Å². The largest absolute Gasteiger partial charge is 0.544 e. The zero-order valence-corrected chi connectivity index (χ0v) is 9.50. The van der Waals surface area contributed by atoms with Crippen molar-refractivity contribution in [3.8, 4) is 0 Å². The minimum atomic E-state index is -1.08. The Morgan fingerprint density at radius 2 is 2.07 bits per heavy atom. The van der Waals surface area contributed by atoms with Gasteiger partial charge in [-0.05, 0) is 12.5 Å². The maximum Gasteiger partial charge on any atom is 0.136 e. The molecule has 0 heterocycles. The van der Waals surface area contributed by atoms with Crippen molar-refractivity contribution in [2.24, 2.45) is 0 Å². The van der Waals surface area contributed by atoms with E-state index in [2.05, 4.69) is 5.73 Å². The molecule has 1 aromatic carbocycles. The minimum Gasteiger partial charge on any atom is -0.544 e. The topological polar surface area (TPSA) is 67.8 Å². The van der Waals surface area contributed by atoms with E-state index >= 15 is 0 Å². The first kappa shape index (κ1) is 12.1. The van der Waals surface area contributed by atoms with Gasteiger partial charge in [0.2, 0.25) is 0 Å². The molecule has 1 rings (SSSR count). The summed E-state index contributed by atoms with van der Waals surface area (Å²) in [5, 5.41) is 10.5. The van der Waals surface area contributed by atoms with Crippen LogP contribution in [0.3, 0.4) is 0 Å². The average Bonchev–Trinajstić information content (AvgIpc) is 2.26. The van der Waals surface area contributed by atoms with Crippen LogP contribution in [-0.4, -0.2) is 17.3 Å². The summed E-state index contributed by atoms with van der Waals surface area (Å²) >= 11 is 1.58. The van der Waals surface area contributed by atoms with Crippen molar-refractivity contribution in [1.29, 1.82) is 0 Å². The molecule has 0 spiro atoms. The van der Waals surface area contributed by atoms with Crippen molar-refractivity contribution in [2.45, 2.75) is 24.0 Å². The lowest BCUT2D eigenvalue weighted by Gasteiger charge is -2.16. The van der Waals surface area contributed by atoms with Gasteiger partial charge in [0, 0.05) is 5.75 Å². The van der Waals surface area contributed by atoms with Crippen LogP contribution in [-0.2, 0) is 10.5 Å². The number of quaternary nitrogens is 1. The van der Waals surface area contributed by atoms with Gasteiger partial charge in [-0.1, -0.05) is 30.3 Å². The van der Waals surface area contributed by atoms with Crippen LogP contribution < -0.4 is 10.8 Å². The first-order valence-electron chi connectivity index (χ1n) is 4.80. The van der Waals surface area contributed by atoms with E-state index in [4.69, 9.17) is 0 Å². The molecular weight excluding hydrogens is 210 g/mol. The van der Waals surface area contributed by atoms with E-state index in [0.717, 1.165) is 5.75 Å². The highest BCUT2D eigenvalue weighted by atomic mass is 32.2. The fourth-order valence-corrected chi connectivity index (χ4v) is 2.10. The van der Waals surface area contributed by atoms with E-state index in [1.165, 1.54) is 5.56 Å². The van der Waals surface area contributed by atoms with Crippen molar-refractivity contribution in [3.05, 3.63) is 35.9 Å². The van der Waals surface area contributed by atoms with Gasteiger partial charge in [0.1, 0.15) is 12.0 Å². The third-order valence-corrected chi connectivity index (χ3v) is 3.58. The zero-order chi connectivity index (χ0) is 11.3. The van der Waals surface area contributed by atoms with E-state index in [0.29, 0.717) is 0 Å². The molecule has 4 heteroatoms. The third kappa shape index (κ3) is 3.93. The predicted molar refractivity (Wildman–Crippen MR) is 58.9 cm³/mol. The Morgan fingerprint density at radius 1 is 1.47 bits per heavy atom. The molecule has 0 aliphatic carbocycles. The van der Waals surface area contributed by atoms with Gasteiger partial charge in [-0.15, -0.1) is 11.8 Å². The Morgan fingerprint density at radius 3 is 2.60 bits per heavy atom. The summed E-state index contributed by atoms with van der Waals surface area (Å²) in [6.45, 7) is 1.86. The number of benzene rings is 1. The molecule has 0 saturated carbocycles. The summed E-state index contributed by atoms with van der Waals surface area (Å²) in [6.07, 6.45) is 0. The van der Waals surface area contributed by atoms with E-state index < -0.39 is 12.0 Å². The van der Waals surface area contributed by atoms with Crippen molar-refractivity contribution in [1.82, 2.24) is 0 Å². The summed E-state index contributed by atoms with van der Waals surface area (Å²) in [7, 11) is 0. The van der Waals surface area contributed by atoms with Crippen molar-refractivity contribution in [3.63, 3.8) is 0 Å². The van der Waals surface area contributed by atoms with Crippen molar-refractivity contribution in [2.75, 3.05) is 0 Å². The SMILES string of the molecule is C[C@@H](SCc1ccccc1)[C@@H]([NH3+])C(=O)[O-]. The molecule has 0 saturated heterocycles. The van der Waals surface area contributed by atoms with Crippen molar-refractivity contribution >= 4 is 17.7 Å². The number of aliphatic carboxylic acids is 1. The van der Waals surface area contributed by atoms with Gasteiger partial charge in [0.15, 0.2) is 0 Å². The summed E-state index contributed by atoms with van der Waals surface area (Å²) < 4.78 is 0. The molecule has 1 aromatic rings. The van der Waals surface area contributed by atoms with E-state index in [9.17, 15) is 9.90 Å². The van der Waals surface area contributed by atoms with E-state index in [1.54, 1.807) is 11.8 Å². The summed E-state index contributed by atoms with van der Waals surface area (Å²) in [4.78, 5) is 10.6. The van der Waals surface area contributed by atoms with Gasteiger partial charge < -0.3 is 15.6 Å². The number of hydrogen-bond acceptors (Lipinski definition) is 3. The molecule has 3 N–H and O–H groups in total. The summed E-state index contributed by atoms with van der Waals surface area (Å²) in [6, 6.07) is 9.30. The van der Waals surface area contributed by atoms with Crippen LogP contribution in [0.5, 0.6) is 0 Å². The van der Waals surface area contributed by atoms with Crippen LogP contribution in [0, 0.1) is 0 Å². The maximum atomic E-state index is 10.6. The number of carbonyl (C=O) groups is 1. The smallest absolute Gasteiger partial charge is 0.136 e. The monoisotopic (exact) mass is 225 g/mol. The molecule has 0 bridgehead atoms. The van der Waals surface area contributed by atoms with Gasteiger partial charge >= 0.3 is 0 Å². The molecule has 15 heavy (non-hydrogen) atoms. The molecule has 0 amide bonds. The molecule has 0 aliphatic heterocycles. The van der Waals surface area contributed by atoms with Crippen molar-refractivity contribution < 1.29 is 15.6 Å². The lowest BCUT2D eigenvalue weighted by molar-refractivity contribution is -0.436. The first-order valence-corrected chi connectivity index (χ1v) is 5.85. The molecule has 0 aliphatic rings. The first-order chi connectivity index (χ1) is 7.11. The third-order valence-electron chi connectivity index (χ3n) is 2.23. The molecule has 2 atom stereocenters. The second-order valence-electron chi connectivity index (χ2n) is 3.43. The van der Waals surface area contributed by atoms with Crippen LogP contribution in [0.1, 0.15) is 12.5 Å². The lowest BCUT2D eigenvalue weighted by atomic mass is 10.2. The molecule has 3 nitrogen and oxygen atoms in total. The van der Waals surface area contributed by atoms with Crippen LogP contribution in [0.4, 0.5) is 0 Å². The van der Waals surface area contributed by atoms with Crippen LogP contribution >= 0.6 is 11.8 Å². The lowest BCUT2D eigenvalue weighted by Crippen LogP contribution is -2.72. The number of carbonyl (C=O) groups excluding carboxylic acids is 1. The normalized spacial score (nSPS) is 14.5. The Hall–Kier alpha value is -1.00. The molecule has 0 unspecified atom stereocenters. The van der Waals surface area contributed by atoms with Gasteiger partial charge in [-0.2, -0.15) is 0 Å². The summed E-state index contributed by atoms with van der Waals surface area (Å²) in [5.41, 5.74) is 4.76. The quantitative estimate of drug-likeness (QED) is 0.746. The second-order valence-corrected chi connectivity index (χ2v) is 4.79. The predicted octanol–water partition coefficient (Wildman–Crippen LogP) is -0.331. The molecule has 0 radical (unpaired) electrons. The van der Waals surface area contributed by atoms with Crippen LogP contribution in [0.25, 0.3) is 0 Å². The fraction of sp³-hybridized carbons (Fsp3) is 0.364. The minimum absolute atomic E-state index is 0.0322. The number of hydrogen-bond donors (Lipinski definition) is 1. The van der Waals surface area contributed by atoms with E-state index in [-0.39, 0.29) is 5.25 Å². The van der Waals surface area contributed by atoms with Crippen LogP contribution in [0.2, 0.25) is 0 Å². The highest BCUT2D eigenvalue weighted by molar-refractivity contribution is 7.99. The van der Waals surface area contributed by atoms with Gasteiger partial charge in [-0.3, -0.25) is 0 Å². The van der Waals surface area contributed by atoms with Gasteiger partial charge in [0.25, 0.3) is 0 Å². The van der Waals surface area contributed by atoms with Gasteiger partial charge in [-0.25, -0.2) is 0 Å². The maximum absolute atomic E-state index is 10.6. The Kier molecular flexibility index (Phi) is 4.65. The molecule has 0 aromatic heterocycles.